The molecule has 100 valence electrons. The molecule has 1 aliphatic heterocycles. The molecule has 0 spiro atoms. The summed E-state index contributed by atoms with van der Waals surface area (Å²) in [6.45, 7) is 5.21. The predicted octanol–water partition coefficient (Wildman–Crippen LogP) is 1.33. The molecule has 0 radical (unpaired) electrons. The molecule has 2 rings (SSSR count). The topological polar surface area (TPSA) is 66.3 Å². The van der Waals surface area contributed by atoms with Crippen LogP contribution in [0.15, 0.2) is 0 Å². The Bertz CT molecular complexity index is 419. The van der Waals surface area contributed by atoms with Gasteiger partial charge in [-0.15, -0.1) is 5.10 Å². The van der Waals surface area contributed by atoms with Gasteiger partial charge in [-0.1, -0.05) is 17.8 Å². The number of rotatable bonds is 4. The Hall–Kier alpha value is -1.01. The van der Waals surface area contributed by atoms with E-state index in [1.54, 1.807) is 6.92 Å². The smallest absolute Gasteiger partial charge is 0.267 e. The standard InChI is InChI=1S/C12H19N3O2S/c1-3-4-10-11(18-14-13-10)12(17)15-6-5-9(7-15)8(2)16/h8-9,16H,3-7H2,1-2H3. The Kier molecular flexibility index (Phi) is 4.29. The van der Waals surface area contributed by atoms with E-state index in [4.69, 9.17) is 0 Å². The average molecular weight is 269 g/mol. The number of aryl methyl sites for hydroxylation is 1. The quantitative estimate of drug-likeness (QED) is 0.895. The van der Waals surface area contributed by atoms with E-state index in [0.29, 0.717) is 11.4 Å². The zero-order valence-electron chi connectivity index (χ0n) is 10.8. The zero-order valence-corrected chi connectivity index (χ0v) is 11.6. The summed E-state index contributed by atoms with van der Waals surface area (Å²) in [6, 6.07) is 0. The van der Waals surface area contributed by atoms with Gasteiger partial charge in [-0.3, -0.25) is 4.79 Å². The molecular weight excluding hydrogens is 250 g/mol. The molecule has 2 atom stereocenters. The first-order valence-corrected chi connectivity index (χ1v) is 7.19. The first kappa shape index (κ1) is 13.4. The summed E-state index contributed by atoms with van der Waals surface area (Å²) in [5, 5.41) is 13.6. The van der Waals surface area contributed by atoms with Crippen LogP contribution in [0.2, 0.25) is 0 Å². The van der Waals surface area contributed by atoms with Crippen LogP contribution in [0.4, 0.5) is 0 Å². The van der Waals surface area contributed by atoms with Crippen molar-refractivity contribution in [2.24, 2.45) is 5.92 Å². The summed E-state index contributed by atoms with van der Waals surface area (Å²) in [6.07, 6.45) is 2.28. The Morgan fingerprint density at radius 3 is 3.06 bits per heavy atom. The number of hydrogen-bond acceptors (Lipinski definition) is 5. The second-order valence-corrected chi connectivity index (χ2v) is 5.59. The highest BCUT2D eigenvalue weighted by Gasteiger charge is 2.31. The van der Waals surface area contributed by atoms with Crippen LogP contribution < -0.4 is 0 Å². The van der Waals surface area contributed by atoms with Crippen molar-refractivity contribution >= 4 is 17.4 Å². The highest BCUT2D eigenvalue weighted by atomic mass is 32.1. The van der Waals surface area contributed by atoms with E-state index in [-0.39, 0.29) is 17.9 Å². The molecular formula is C12H19N3O2S. The van der Waals surface area contributed by atoms with Crippen LogP contribution in [0.5, 0.6) is 0 Å². The van der Waals surface area contributed by atoms with Crippen molar-refractivity contribution in [3.63, 3.8) is 0 Å². The number of nitrogens with zero attached hydrogens (tertiary/aromatic N) is 3. The van der Waals surface area contributed by atoms with Crippen LogP contribution in [0.3, 0.4) is 0 Å². The highest BCUT2D eigenvalue weighted by molar-refractivity contribution is 7.08. The summed E-state index contributed by atoms with van der Waals surface area (Å²) < 4.78 is 3.88. The number of amides is 1. The molecule has 1 saturated heterocycles. The first-order valence-electron chi connectivity index (χ1n) is 6.42. The fraction of sp³-hybridized carbons (Fsp3) is 0.750. The van der Waals surface area contributed by atoms with E-state index in [1.807, 2.05) is 4.90 Å². The molecule has 1 N–H and O–H groups in total. The van der Waals surface area contributed by atoms with Gasteiger partial charge in [-0.05, 0) is 31.3 Å². The fourth-order valence-electron chi connectivity index (χ4n) is 2.28. The number of aromatic nitrogens is 2. The number of aliphatic hydroxyl groups is 1. The van der Waals surface area contributed by atoms with Gasteiger partial charge in [0.05, 0.1) is 11.8 Å². The second kappa shape index (κ2) is 5.75. The van der Waals surface area contributed by atoms with Crippen molar-refractivity contribution in [1.29, 1.82) is 0 Å². The van der Waals surface area contributed by atoms with Crippen molar-refractivity contribution < 1.29 is 9.90 Å². The third-order valence-corrected chi connectivity index (χ3v) is 4.19. The van der Waals surface area contributed by atoms with E-state index in [2.05, 4.69) is 16.5 Å². The van der Waals surface area contributed by atoms with Crippen molar-refractivity contribution in [3.8, 4) is 0 Å². The van der Waals surface area contributed by atoms with Crippen LogP contribution >= 0.6 is 11.5 Å². The van der Waals surface area contributed by atoms with Crippen LogP contribution in [-0.2, 0) is 6.42 Å². The minimum atomic E-state index is -0.350. The minimum absolute atomic E-state index is 0.0246. The molecule has 1 fully saturated rings. The summed E-state index contributed by atoms with van der Waals surface area (Å²) in [5.41, 5.74) is 0.813. The van der Waals surface area contributed by atoms with Gasteiger partial charge in [0.1, 0.15) is 4.88 Å². The van der Waals surface area contributed by atoms with Gasteiger partial charge < -0.3 is 10.0 Å². The van der Waals surface area contributed by atoms with Gasteiger partial charge in [0.25, 0.3) is 5.91 Å². The summed E-state index contributed by atoms with van der Waals surface area (Å²) >= 11 is 1.18. The third kappa shape index (κ3) is 2.70. The molecule has 0 aliphatic carbocycles. The molecule has 1 amide bonds. The van der Waals surface area contributed by atoms with Crippen molar-refractivity contribution in [1.82, 2.24) is 14.5 Å². The summed E-state index contributed by atoms with van der Waals surface area (Å²) in [7, 11) is 0. The van der Waals surface area contributed by atoms with E-state index in [0.717, 1.165) is 31.5 Å². The van der Waals surface area contributed by atoms with Crippen LogP contribution in [0.25, 0.3) is 0 Å². The molecule has 0 aromatic carbocycles. The first-order chi connectivity index (χ1) is 8.63. The lowest BCUT2D eigenvalue weighted by Crippen LogP contribution is -2.30. The van der Waals surface area contributed by atoms with Crippen LogP contribution in [0.1, 0.15) is 42.1 Å². The Morgan fingerprint density at radius 1 is 1.67 bits per heavy atom. The largest absolute Gasteiger partial charge is 0.393 e. The maximum absolute atomic E-state index is 12.3. The molecule has 0 saturated carbocycles. The molecule has 5 nitrogen and oxygen atoms in total. The number of likely N-dealkylation sites (tertiary alicyclic amines) is 1. The van der Waals surface area contributed by atoms with Gasteiger partial charge in [0.15, 0.2) is 0 Å². The maximum atomic E-state index is 12.3. The maximum Gasteiger partial charge on any atom is 0.267 e. The molecule has 1 aliphatic rings. The Balaban J connectivity index is 2.05. The molecule has 1 aromatic heterocycles. The van der Waals surface area contributed by atoms with Gasteiger partial charge in [-0.2, -0.15) is 0 Å². The van der Waals surface area contributed by atoms with E-state index >= 15 is 0 Å². The SMILES string of the molecule is CCCc1nnsc1C(=O)N1CCC(C(C)O)C1. The monoisotopic (exact) mass is 269 g/mol. The lowest BCUT2D eigenvalue weighted by Gasteiger charge is -2.17. The number of hydrogen-bond donors (Lipinski definition) is 1. The Labute approximate surface area is 111 Å². The van der Waals surface area contributed by atoms with Crippen molar-refractivity contribution in [2.75, 3.05) is 13.1 Å². The lowest BCUT2D eigenvalue weighted by molar-refractivity contribution is 0.0766. The molecule has 0 bridgehead atoms. The molecule has 2 heterocycles. The van der Waals surface area contributed by atoms with Gasteiger partial charge in [-0.25, -0.2) is 0 Å². The van der Waals surface area contributed by atoms with Crippen molar-refractivity contribution in [2.45, 2.75) is 39.2 Å². The van der Waals surface area contributed by atoms with E-state index in [9.17, 15) is 9.90 Å². The lowest BCUT2D eigenvalue weighted by atomic mass is 10.0. The molecule has 1 aromatic rings. The predicted molar refractivity (Wildman–Crippen MR) is 69.6 cm³/mol. The van der Waals surface area contributed by atoms with Crippen molar-refractivity contribution in [3.05, 3.63) is 10.6 Å². The van der Waals surface area contributed by atoms with Gasteiger partial charge in [0, 0.05) is 19.0 Å². The summed E-state index contributed by atoms with van der Waals surface area (Å²) in [4.78, 5) is 14.8. The molecule has 6 heteroatoms. The van der Waals surface area contributed by atoms with Gasteiger partial charge >= 0.3 is 0 Å². The van der Waals surface area contributed by atoms with Gasteiger partial charge in [0.2, 0.25) is 0 Å². The Morgan fingerprint density at radius 2 is 2.44 bits per heavy atom. The number of aliphatic hydroxyl groups excluding tert-OH is 1. The number of carbonyl (C=O) groups excluding carboxylic acids is 1. The van der Waals surface area contributed by atoms with E-state index in [1.165, 1.54) is 11.5 Å². The minimum Gasteiger partial charge on any atom is -0.393 e. The molecule has 2 unspecified atom stereocenters. The van der Waals surface area contributed by atoms with Crippen LogP contribution in [-0.4, -0.2) is 44.7 Å². The molecule has 18 heavy (non-hydrogen) atoms. The number of carbonyl (C=O) groups is 1. The third-order valence-electron chi connectivity index (χ3n) is 3.43. The van der Waals surface area contributed by atoms with Crippen LogP contribution in [0, 0.1) is 5.92 Å². The fourth-order valence-corrected chi connectivity index (χ4v) is 2.96. The average Bonchev–Trinajstić information content (AvgIpc) is 2.97. The normalized spacial score (nSPS) is 21.3. The highest BCUT2D eigenvalue weighted by Crippen LogP contribution is 2.23. The second-order valence-electron chi connectivity index (χ2n) is 4.84. The summed E-state index contributed by atoms with van der Waals surface area (Å²) in [5.74, 6) is 0.223. The zero-order chi connectivity index (χ0) is 13.1. The van der Waals surface area contributed by atoms with E-state index < -0.39 is 0 Å².